The van der Waals surface area contributed by atoms with Crippen molar-refractivity contribution in [2.45, 2.75) is 6.54 Å². The van der Waals surface area contributed by atoms with E-state index in [0.29, 0.717) is 12.2 Å². The third-order valence-corrected chi connectivity index (χ3v) is 2.75. The number of nitrogens with one attached hydrogen (secondary N) is 2. The van der Waals surface area contributed by atoms with Gasteiger partial charge in [0.1, 0.15) is 6.33 Å². The first kappa shape index (κ1) is 12.1. The van der Waals surface area contributed by atoms with Crippen molar-refractivity contribution < 1.29 is 4.79 Å². The van der Waals surface area contributed by atoms with Crippen molar-refractivity contribution >= 4 is 11.6 Å². The van der Waals surface area contributed by atoms with E-state index in [2.05, 4.69) is 25.6 Å². The molecular weight excluding hydrogens is 256 g/mol. The molecule has 0 unspecified atom stereocenters. The molecule has 0 spiro atoms. The van der Waals surface area contributed by atoms with Crippen LogP contribution in [0, 0.1) is 0 Å². The molecule has 0 atom stereocenters. The lowest BCUT2D eigenvalue weighted by molar-refractivity contribution is 0.101. The molecule has 1 amide bonds. The molecule has 0 fully saturated rings. The van der Waals surface area contributed by atoms with Crippen LogP contribution in [0.3, 0.4) is 0 Å². The van der Waals surface area contributed by atoms with Crippen molar-refractivity contribution in [1.29, 1.82) is 0 Å². The number of hydrogen-bond acceptors (Lipinski definition) is 4. The van der Waals surface area contributed by atoms with E-state index < -0.39 is 0 Å². The summed E-state index contributed by atoms with van der Waals surface area (Å²) in [4.78, 5) is 15.5. The van der Waals surface area contributed by atoms with Gasteiger partial charge in [0.15, 0.2) is 0 Å². The summed E-state index contributed by atoms with van der Waals surface area (Å²) in [6, 6.07) is 9.45. The molecule has 7 nitrogen and oxygen atoms in total. The number of nitrogens with zero attached hydrogens (tertiary/aromatic N) is 4. The summed E-state index contributed by atoms with van der Waals surface area (Å²) in [7, 11) is 0. The summed E-state index contributed by atoms with van der Waals surface area (Å²) in [5.74, 6) is -0.132. The highest BCUT2D eigenvalue weighted by Gasteiger charge is 2.08. The average molecular weight is 268 g/mol. The van der Waals surface area contributed by atoms with Crippen LogP contribution in [0.1, 0.15) is 16.2 Å². The SMILES string of the molecule is O=C(Nc1ccc(Cn2cccn2)cc1)c1ncn[nH]1. The number of benzene rings is 1. The van der Waals surface area contributed by atoms with Crippen LogP contribution in [0.15, 0.2) is 49.1 Å². The van der Waals surface area contributed by atoms with E-state index in [1.807, 2.05) is 41.2 Å². The number of carbonyl (C=O) groups excluding carboxylic acids is 1. The highest BCUT2D eigenvalue weighted by Crippen LogP contribution is 2.11. The van der Waals surface area contributed by atoms with Crippen molar-refractivity contribution in [3.05, 3.63) is 60.4 Å². The summed E-state index contributed by atoms with van der Waals surface area (Å²) >= 11 is 0. The Kier molecular flexibility index (Phi) is 3.24. The van der Waals surface area contributed by atoms with Gasteiger partial charge < -0.3 is 5.32 Å². The van der Waals surface area contributed by atoms with E-state index >= 15 is 0 Å². The summed E-state index contributed by atoms with van der Waals surface area (Å²) < 4.78 is 1.84. The largest absolute Gasteiger partial charge is 0.319 e. The molecule has 0 radical (unpaired) electrons. The lowest BCUT2D eigenvalue weighted by atomic mass is 10.2. The first-order valence-corrected chi connectivity index (χ1v) is 6.04. The van der Waals surface area contributed by atoms with Gasteiger partial charge in [-0.1, -0.05) is 12.1 Å². The molecule has 2 N–H and O–H groups in total. The predicted molar refractivity (Wildman–Crippen MR) is 72.1 cm³/mol. The number of hydrogen-bond donors (Lipinski definition) is 2. The first-order chi connectivity index (χ1) is 9.81. The lowest BCUT2D eigenvalue weighted by Gasteiger charge is -2.05. The summed E-state index contributed by atoms with van der Waals surface area (Å²) in [6.45, 7) is 0.698. The number of anilines is 1. The fourth-order valence-electron chi connectivity index (χ4n) is 1.78. The van der Waals surface area contributed by atoms with E-state index in [0.717, 1.165) is 5.56 Å². The Morgan fingerprint density at radius 3 is 2.80 bits per heavy atom. The quantitative estimate of drug-likeness (QED) is 0.746. The van der Waals surface area contributed by atoms with Gasteiger partial charge in [-0.15, -0.1) is 0 Å². The topological polar surface area (TPSA) is 88.5 Å². The Labute approximate surface area is 114 Å². The van der Waals surface area contributed by atoms with E-state index in [9.17, 15) is 4.79 Å². The van der Waals surface area contributed by atoms with Gasteiger partial charge >= 0.3 is 0 Å². The van der Waals surface area contributed by atoms with E-state index in [1.54, 1.807) is 6.20 Å². The normalized spacial score (nSPS) is 10.4. The molecule has 0 saturated carbocycles. The van der Waals surface area contributed by atoms with Crippen LogP contribution >= 0.6 is 0 Å². The minimum atomic E-state index is -0.317. The third kappa shape index (κ3) is 2.72. The number of H-pyrrole nitrogens is 1. The van der Waals surface area contributed by atoms with Gasteiger partial charge in [-0.3, -0.25) is 14.6 Å². The van der Waals surface area contributed by atoms with E-state index in [4.69, 9.17) is 0 Å². The fourth-order valence-corrected chi connectivity index (χ4v) is 1.78. The monoisotopic (exact) mass is 268 g/mol. The zero-order valence-corrected chi connectivity index (χ0v) is 10.5. The highest BCUT2D eigenvalue weighted by atomic mass is 16.2. The maximum Gasteiger partial charge on any atom is 0.292 e. The Morgan fingerprint density at radius 1 is 1.30 bits per heavy atom. The van der Waals surface area contributed by atoms with Crippen LogP contribution in [-0.4, -0.2) is 30.9 Å². The maximum absolute atomic E-state index is 11.8. The molecule has 3 rings (SSSR count). The predicted octanol–water partition coefficient (Wildman–Crippen LogP) is 1.30. The van der Waals surface area contributed by atoms with Crippen LogP contribution in [0.2, 0.25) is 0 Å². The maximum atomic E-state index is 11.8. The van der Waals surface area contributed by atoms with Crippen molar-refractivity contribution in [2.75, 3.05) is 5.32 Å². The number of rotatable bonds is 4. The van der Waals surface area contributed by atoms with Gasteiger partial charge in [0.2, 0.25) is 5.82 Å². The van der Waals surface area contributed by atoms with Crippen molar-refractivity contribution in [2.24, 2.45) is 0 Å². The van der Waals surface area contributed by atoms with Gasteiger partial charge in [-0.25, -0.2) is 4.98 Å². The van der Waals surface area contributed by atoms with Crippen molar-refractivity contribution in [1.82, 2.24) is 25.0 Å². The van der Waals surface area contributed by atoms with Crippen LogP contribution in [0.4, 0.5) is 5.69 Å². The minimum Gasteiger partial charge on any atom is -0.319 e. The van der Waals surface area contributed by atoms with E-state index in [1.165, 1.54) is 6.33 Å². The molecular formula is C13H12N6O. The molecule has 1 aromatic carbocycles. The summed E-state index contributed by atoms with van der Waals surface area (Å²) in [6.07, 6.45) is 4.94. The molecule has 2 heterocycles. The smallest absolute Gasteiger partial charge is 0.292 e. The zero-order valence-electron chi connectivity index (χ0n) is 10.5. The lowest BCUT2D eigenvalue weighted by Crippen LogP contribution is -2.13. The fraction of sp³-hybridized carbons (Fsp3) is 0.0769. The van der Waals surface area contributed by atoms with Crippen LogP contribution in [-0.2, 0) is 6.54 Å². The van der Waals surface area contributed by atoms with Crippen molar-refractivity contribution in [3.63, 3.8) is 0 Å². The average Bonchev–Trinajstić information content (AvgIpc) is 3.13. The second-order valence-corrected chi connectivity index (χ2v) is 4.19. The molecule has 3 aromatic rings. The van der Waals surface area contributed by atoms with E-state index in [-0.39, 0.29) is 11.7 Å². The second-order valence-electron chi connectivity index (χ2n) is 4.19. The summed E-state index contributed by atoms with van der Waals surface area (Å²) in [5.41, 5.74) is 1.81. The Balaban J connectivity index is 1.65. The van der Waals surface area contributed by atoms with Gasteiger partial charge in [-0.2, -0.15) is 10.2 Å². The molecule has 7 heteroatoms. The Morgan fingerprint density at radius 2 is 2.15 bits per heavy atom. The zero-order chi connectivity index (χ0) is 13.8. The molecule has 0 bridgehead atoms. The van der Waals surface area contributed by atoms with Crippen LogP contribution in [0.5, 0.6) is 0 Å². The van der Waals surface area contributed by atoms with Crippen molar-refractivity contribution in [3.8, 4) is 0 Å². The van der Waals surface area contributed by atoms with Gasteiger partial charge in [0.05, 0.1) is 6.54 Å². The number of amides is 1. The molecule has 0 saturated heterocycles. The number of carbonyl (C=O) groups is 1. The third-order valence-electron chi connectivity index (χ3n) is 2.75. The Bertz CT molecular complexity index is 672. The standard InChI is InChI=1S/C13H12N6O/c20-13(12-14-9-15-18-12)17-11-4-2-10(3-5-11)8-19-7-1-6-16-19/h1-7,9H,8H2,(H,17,20)(H,14,15,18). The molecule has 20 heavy (non-hydrogen) atoms. The van der Waals surface area contributed by atoms with Gasteiger partial charge in [-0.05, 0) is 23.8 Å². The van der Waals surface area contributed by atoms with Crippen LogP contribution < -0.4 is 5.32 Å². The Hall–Kier alpha value is -2.96. The minimum absolute atomic E-state index is 0.186. The number of aromatic amines is 1. The van der Waals surface area contributed by atoms with Gasteiger partial charge in [0, 0.05) is 18.1 Å². The highest BCUT2D eigenvalue weighted by molar-refractivity contribution is 6.01. The molecule has 2 aromatic heterocycles. The number of aromatic nitrogens is 5. The second kappa shape index (κ2) is 5.35. The molecule has 0 aliphatic heterocycles. The van der Waals surface area contributed by atoms with Crippen LogP contribution in [0.25, 0.3) is 0 Å². The molecule has 0 aliphatic rings. The first-order valence-electron chi connectivity index (χ1n) is 6.04. The summed E-state index contributed by atoms with van der Waals surface area (Å²) in [5, 5.41) is 13.0. The van der Waals surface area contributed by atoms with Gasteiger partial charge in [0.25, 0.3) is 5.91 Å². The molecule has 0 aliphatic carbocycles. The molecule has 100 valence electrons.